The van der Waals surface area contributed by atoms with E-state index >= 15 is 0 Å². The molecule has 0 amide bonds. The lowest BCUT2D eigenvalue weighted by atomic mass is 10.3. The second-order valence-corrected chi connectivity index (χ2v) is 8.51. The summed E-state index contributed by atoms with van der Waals surface area (Å²) in [5.41, 5.74) is 0. The molecular formula is C13H28N2O2S2. The van der Waals surface area contributed by atoms with Gasteiger partial charge in [0.1, 0.15) is 0 Å². The van der Waals surface area contributed by atoms with Crippen molar-refractivity contribution in [3.8, 4) is 0 Å². The zero-order valence-corrected chi connectivity index (χ0v) is 13.9. The van der Waals surface area contributed by atoms with Crippen molar-refractivity contribution >= 4 is 21.8 Å². The Morgan fingerprint density at radius 3 is 2.63 bits per heavy atom. The molecule has 1 fully saturated rings. The molecule has 0 aromatic rings. The Hall–Kier alpha value is 0.220. The van der Waals surface area contributed by atoms with E-state index in [0.717, 1.165) is 38.6 Å². The molecule has 19 heavy (non-hydrogen) atoms. The van der Waals surface area contributed by atoms with Crippen LogP contribution in [0.1, 0.15) is 46.0 Å². The molecule has 1 aliphatic carbocycles. The maximum Gasteiger partial charge on any atom is 0.211 e. The van der Waals surface area contributed by atoms with E-state index in [4.69, 9.17) is 0 Å². The van der Waals surface area contributed by atoms with Crippen LogP contribution in [-0.4, -0.2) is 44.3 Å². The van der Waals surface area contributed by atoms with Gasteiger partial charge in [-0.1, -0.05) is 20.3 Å². The average molecular weight is 309 g/mol. The summed E-state index contributed by atoms with van der Waals surface area (Å²) < 4.78 is 26.9. The number of rotatable bonds is 9. The SMILES string of the molecule is CSC1CCCC1NS(=O)(=O)CCCCNC(C)C. The molecule has 0 aromatic heterocycles. The summed E-state index contributed by atoms with van der Waals surface area (Å²) in [6, 6.07) is 0.615. The van der Waals surface area contributed by atoms with Crippen molar-refractivity contribution in [2.75, 3.05) is 18.6 Å². The van der Waals surface area contributed by atoms with Crippen molar-refractivity contribution in [2.45, 2.75) is 63.3 Å². The Balaban J connectivity index is 2.24. The molecule has 6 heteroatoms. The van der Waals surface area contributed by atoms with Gasteiger partial charge >= 0.3 is 0 Å². The molecule has 0 heterocycles. The van der Waals surface area contributed by atoms with E-state index in [1.165, 1.54) is 0 Å². The van der Waals surface area contributed by atoms with Crippen LogP contribution < -0.4 is 10.0 Å². The highest BCUT2D eigenvalue weighted by atomic mass is 32.2. The number of hydrogen-bond donors (Lipinski definition) is 2. The van der Waals surface area contributed by atoms with E-state index in [0.29, 0.717) is 11.3 Å². The number of sulfonamides is 1. The number of thioether (sulfide) groups is 1. The van der Waals surface area contributed by atoms with Gasteiger partial charge in [-0.3, -0.25) is 0 Å². The van der Waals surface area contributed by atoms with E-state index in [1.54, 1.807) is 11.8 Å². The van der Waals surface area contributed by atoms with Crippen molar-refractivity contribution < 1.29 is 8.42 Å². The van der Waals surface area contributed by atoms with Crippen LogP contribution in [0.5, 0.6) is 0 Å². The summed E-state index contributed by atoms with van der Waals surface area (Å²) in [5, 5.41) is 3.76. The lowest BCUT2D eigenvalue weighted by Crippen LogP contribution is -2.39. The van der Waals surface area contributed by atoms with Crippen molar-refractivity contribution in [3.63, 3.8) is 0 Å². The molecule has 2 atom stereocenters. The first kappa shape index (κ1) is 17.3. The minimum atomic E-state index is -3.10. The quantitative estimate of drug-likeness (QED) is 0.639. The molecule has 0 bridgehead atoms. The van der Waals surface area contributed by atoms with Gasteiger partial charge in [-0.05, 0) is 38.5 Å². The van der Waals surface area contributed by atoms with E-state index in [9.17, 15) is 8.42 Å². The van der Waals surface area contributed by atoms with Gasteiger partial charge in [-0.25, -0.2) is 13.1 Å². The minimum Gasteiger partial charge on any atom is -0.315 e. The van der Waals surface area contributed by atoms with Gasteiger partial charge in [0.05, 0.1) is 5.75 Å². The van der Waals surface area contributed by atoms with Crippen LogP contribution in [0, 0.1) is 0 Å². The molecule has 0 aromatic carbocycles. The van der Waals surface area contributed by atoms with Gasteiger partial charge in [-0.2, -0.15) is 11.8 Å². The molecule has 2 N–H and O–H groups in total. The van der Waals surface area contributed by atoms with Crippen LogP contribution in [-0.2, 0) is 10.0 Å². The Bertz CT molecular complexity index is 345. The van der Waals surface area contributed by atoms with Crippen molar-refractivity contribution in [1.29, 1.82) is 0 Å². The molecule has 1 saturated carbocycles. The number of nitrogens with one attached hydrogen (secondary N) is 2. The maximum atomic E-state index is 12.0. The minimum absolute atomic E-state index is 0.147. The summed E-state index contributed by atoms with van der Waals surface area (Å²) >= 11 is 1.78. The third-order valence-corrected chi connectivity index (χ3v) is 6.14. The van der Waals surface area contributed by atoms with Gasteiger partial charge < -0.3 is 5.32 Å². The monoisotopic (exact) mass is 308 g/mol. The standard InChI is InChI=1S/C13H28N2O2S2/c1-11(2)14-9-4-5-10-19(16,17)15-12-7-6-8-13(12)18-3/h11-15H,4-10H2,1-3H3. The van der Waals surface area contributed by atoms with Crippen LogP contribution in [0.4, 0.5) is 0 Å². The maximum absolute atomic E-state index is 12.0. The fourth-order valence-electron chi connectivity index (χ4n) is 2.44. The van der Waals surface area contributed by atoms with Gasteiger partial charge in [-0.15, -0.1) is 0 Å². The van der Waals surface area contributed by atoms with Gasteiger partial charge in [0.15, 0.2) is 0 Å². The smallest absolute Gasteiger partial charge is 0.211 e. The summed E-state index contributed by atoms with van der Waals surface area (Å²) in [6.45, 7) is 5.09. The molecule has 0 aliphatic heterocycles. The molecule has 0 spiro atoms. The van der Waals surface area contributed by atoms with E-state index in [2.05, 4.69) is 30.1 Å². The van der Waals surface area contributed by atoms with Crippen LogP contribution >= 0.6 is 11.8 Å². The first-order valence-corrected chi connectivity index (χ1v) is 10.1. The van der Waals surface area contributed by atoms with Gasteiger partial charge in [0.25, 0.3) is 0 Å². The third-order valence-electron chi connectivity index (χ3n) is 3.48. The zero-order valence-electron chi connectivity index (χ0n) is 12.3. The Morgan fingerprint density at radius 1 is 1.26 bits per heavy atom. The number of unbranched alkanes of at least 4 members (excludes halogenated alkanes) is 1. The fraction of sp³-hybridized carbons (Fsp3) is 1.00. The van der Waals surface area contributed by atoms with E-state index in [1.807, 2.05) is 0 Å². The highest BCUT2D eigenvalue weighted by molar-refractivity contribution is 7.99. The molecule has 4 nitrogen and oxygen atoms in total. The Morgan fingerprint density at radius 2 is 2.00 bits per heavy atom. The van der Waals surface area contributed by atoms with Crippen molar-refractivity contribution in [1.82, 2.24) is 10.0 Å². The lowest BCUT2D eigenvalue weighted by molar-refractivity contribution is 0.542. The van der Waals surface area contributed by atoms with Crippen LogP contribution in [0.25, 0.3) is 0 Å². The summed E-state index contributed by atoms with van der Waals surface area (Å²) in [4.78, 5) is 0. The number of hydrogen-bond acceptors (Lipinski definition) is 4. The lowest BCUT2D eigenvalue weighted by Gasteiger charge is -2.19. The topological polar surface area (TPSA) is 58.2 Å². The highest BCUT2D eigenvalue weighted by Crippen LogP contribution is 2.28. The molecular weight excluding hydrogens is 280 g/mol. The highest BCUT2D eigenvalue weighted by Gasteiger charge is 2.29. The Kier molecular flexibility index (Phi) is 7.72. The molecule has 0 saturated heterocycles. The average Bonchev–Trinajstić information content (AvgIpc) is 2.74. The predicted octanol–water partition coefficient (Wildman–Crippen LogP) is 1.97. The first-order valence-electron chi connectivity index (χ1n) is 7.21. The molecule has 1 aliphatic rings. The van der Waals surface area contributed by atoms with E-state index < -0.39 is 10.0 Å². The van der Waals surface area contributed by atoms with Crippen LogP contribution in [0.15, 0.2) is 0 Å². The molecule has 2 unspecified atom stereocenters. The summed E-state index contributed by atoms with van der Waals surface area (Å²) in [5.74, 6) is 0.254. The zero-order chi connectivity index (χ0) is 14.3. The molecule has 114 valence electrons. The largest absolute Gasteiger partial charge is 0.315 e. The first-order chi connectivity index (χ1) is 8.94. The van der Waals surface area contributed by atoms with Crippen LogP contribution in [0.3, 0.4) is 0 Å². The van der Waals surface area contributed by atoms with Gasteiger partial charge in [0, 0.05) is 17.3 Å². The van der Waals surface area contributed by atoms with Crippen LogP contribution in [0.2, 0.25) is 0 Å². The second kappa shape index (κ2) is 8.49. The Labute approximate surface area is 122 Å². The van der Waals surface area contributed by atoms with E-state index in [-0.39, 0.29) is 11.8 Å². The molecule has 0 radical (unpaired) electrons. The van der Waals surface area contributed by atoms with Gasteiger partial charge in [0.2, 0.25) is 10.0 Å². The predicted molar refractivity (Wildman–Crippen MR) is 84.2 cm³/mol. The molecule has 1 rings (SSSR count). The van der Waals surface area contributed by atoms with Crippen molar-refractivity contribution in [3.05, 3.63) is 0 Å². The second-order valence-electron chi connectivity index (χ2n) is 5.56. The summed E-state index contributed by atoms with van der Waals surface area (Å²) in [7, 11) is -3.10. The van der Waals surface area contributed by atoms with Crippen molar-refractivity contribution in [2.24, 2.45) is 0 Å². The normalized spacial score (nSPS) is 24.2. The fourth-order valence-corrected chi connectivity index (χ4v) is 4.91. The summed E-state index contributed by atoms with van der Waals surface area (Å²) in [6.07, 6.45) is 6.96. The third kappa shape index (κ3) is 6.97.